The molecule has 2 aromatic heterocycles. The molecule has 0 aliphatic rings. The summed E-state index contributed by atoms with van der Waals surface area (Å²) in [6, 6.07) is 10.6. The molecule has 2 heterocycles. The average Bonchev–Trinajstić information content (AvgIpc) is 2.74. The molecule has 30 heavy (non-hydrogen) atoms. The summed E-state index contributed by atoms with van der Waals surface area (Å²) in [4.78, 5) is 16.2. The largest absolute Gasteiger partial charge is 0.433 e. The first kappa shape index (κ1) is 21.3. The highest BCUT2D eigenvalue weighted by atomic mass is 19.4. The second-order valence-corrected chi connectivity index (χ2v) is 6.30. The molecule has 158 valence electrons. The highest BCUT2D eigenvalue weighted by Crippen LogP contribution is 2.27. The van der Waals surface area contributed by atoms with Gasteiger partial charge in [-0.1, -0.05) is 18.2 Å². The molecular formula is C20H22F3N7. The van der Waals surface area contributed by atoms with Gasteiger partial charge in [-0.05, 0) is 30.7 Å². The maximum absolute atomic E-state index is 12.7. The lowest BCUT2D eigenvalue weighted by atomic mass is 10.1. The highest BCUT2D eigenvalue weighted by Gasteiger charge is 2.32. The molecule has 0 bridgehead atoms. The maximum Gasteiger partial charge on any atom is 0.433 e. The molecule has 3 rings (SSSR count). The summed E-state index contributed by atoms with van der Waals surface area (Å²) >= 11 is 0. The van der Waals surface area contributed by atoms with Crippen LogP contribution in [0.5, 0.6) is 0 Å². The van der Waals surface area contributed by atoms with Gasteiger partial charge in [-0.3, -0.25) is 4.98 Å². The number of para-hydroxylation sites is 1. The second kappa shape index (κ2) is 9.86. The lowest BCUT2D eigenvalue weighted by molar-refractivity contribution is -0.141. The third-order valence-electron chi connectivity index (χ3n) is 4.14. The SMILES string of the molecule is CCNC(=NCc1ccnc2ccccc12)NCCNc1nccc(C(F)(F)F)n1. The quantitative estimate of drug-likeness (QED) is 0.311. The highest BCUT2D eigenvalue weighted by molar-refractivity contribution is 5.83. The number of guanidine groups is 1. The van der Waals surface area contributed by atoms with Crippen molar-refractivity contribution in [2.75, 3.05) is 25.0 Å². The monoisotopic (exact) mass is 417 g/mol. The van der Waals surface area contributed by atoms with Crippen LogP contribution in [0.15, 0.2) is 53.8 Å². The summed E-state index contributed by atoms with van der Waals surface area (Å²) in [6.45, 7) is 3.83. The Morgan fingerprint density at radius 2 is 1.80 bits per heavy atom. The molecule has 0 saturated carbocycles. The number of pyridine rings is 1. The predicted molar refractivity (Wildman–Crippen MR) is 110 cm³/mol. The van der Waals surface area contributed by atoms with E-state index in [0.29, 0.717) is 32.1 Å². The van der Waals surface area contributed by atoms with Gasteiger partial charge in [-0.2, -0.15) is 13.2 Å². The summed E-state index contributed by atoms with van der Waals surface area (Å²) in [5.74, 6) is 0.530. The van der Waals surface area contributed by atoms with Crippen LogP contribution < -0.4 is 16.0 Å². The molecule has 3 aromatic rings. The summed E-state index contributed by atoms with van der Waals surface area (Å²) in [5.41, 5.74) is 0.981. The fourth-order valence-electron chi connectivity index (χ4n) is 2.76. The van der Waals surface area contributed by atoms with Crippen molar-refractivity contribution in [2.45, 2.75) is 19.6 Å². The van der Waals surface area contributed by atoms with Gasteiger partial charge >= 0.3 is 6.18 Å². The Morgan fingerprint density at radius 1 is 1.00 bits per heavy atom. The molecule has 10 heteroatoms. The van der Waals surface area contributed by atoms with Crippen LogP contribution in [0.25, 0.3) is 10.9 Å². The number of benzene rings is 1. The Labute approximate surface area is 171 Å². The first-order valence-electron chi connectivity index (χ1n) is 9.46. The Balaban J connectivity index is 1.57. The number of anilines is 1. The lowest BCUT2D eigenvalue weighted by Crippen LogP contribution is -2.39. The average molecular weight is 417 g/mol. The van der Waals surface area contributed by atoms with Crippen LogP contribution in [0.2, 0.25) is 0 Å². The van der Waals surface area contributed by atoms with Crippen LogP contribution in [0.1, 0.15) is 18.2 Å². The van der Waals surface area contributed by atoms with Gasteiger partial charge in [-0.25, -0.2) is 15.0 Å². The van der Waals surface area contributed by atoms with Crippen LogP contribution in [0.3, 0.4) is 0 Å². The van der Waals surface area contributed by atoms with Gasteiger partial charge in [0.2, 0.25) is 5.95 Å². The molecule has 0 aliphatic carbocycles. The molecule has 0 spiro atoms. The number of hydrogen-bond donors (Lipinski definition) is 3. The number of aromatic nitrogens is 3. The van der Waals surface area contributed by atoms with Crippen molar-refractivity contribution in [2.24, 2.45) is 4.99 Å². The molecule has 0 fully saturated rings. The van der Waals surface area contributed by atoms with Gasteiger partial charge in [0.15, 0.2) is 5.96 Å². The van der Waals surface area contributed by atoms with Crippen molar-refractivity contribution in [3.8, 4) is 0 Å². The molecule has 0 unspecified atom stereocenters. The second-order valence-electron chi connectivity index (χ2n) is 6.30. The third-order valence-corrected chi connectivity index (χ3v) is 4.14. The van der Waals surface area contributed by atoms with E-state index >= 15 is 0 Å². The zero-order chi connectivity index (χ0) is 21.4. The van der Waals surface area contributed by atoms with Crippen LogP contribution in [0.4, 0.5) is 19.1 Å². The topological polar surface area (TPSA) is 87.1 Å². The van der Waals surface area contributed by atoms with Crippen molar-refractivity contribution in [3.05, 3.63) is 60.0 Å². The number of aliphatic imine (C=N–C) groups is 1. The van der Waals surface area contributed by atoms with Crippen molar-refractivity contribution in [3.63, 3.8) is 0 Å². The van der Waals surface area contributed by atoms with Crippen LogP contribution in [0, 0.1) is 0 Å². The molecule has 0 amide bonds. The van der Waals surface area contributed by atoms with E-state index in [2.05, 4.69) is 35.9 Å². The Kier molecular flexibility index (Phi) is 6.99. The van der Waals surface area contributed by atoms with E-state index in [-0.39, 0.29) is 5.95 Å². The molecule has 0 radical (unpaired) electrons. The van der Waals surface area contributed by atoms with Crippen LogP contribution in [-0.2, 0) is 12.7 Å². The predicted octanol–water partition coefficient (Wildman–Crippen LogP) is 3.21. The lowest BCUT2D eigenvalue weighted by Gasteiger charge is -2.13. The van der Waals surface area contributed by atoms with Crippen LogP contribution >= 0.6 is 0 Å². The van der Waals surface area contributed by atoms with Gasteiger partial charge in [0.25, 0.3) is 0 Å². The molecule has 7 nitrogen and oxygen atoms in total. The molecule has 1 aromatic carbocycles. The number of nitrogens with zero attached hydrogens (tertiary/aromatic N) is 4. The van der Waals surface area contributed by atoms with E-state index in [1.165, 1.54) is 0 Å². The zero-order valence-corrected chi connectivity index (χ0v) is 16.4. The zero-order valence-electron chi connectivity index (χ0n) is 16.4. The molecule has 0 aliphatic heterocycles. The molecule has 3 N–H and O–H groups in total. The number of alkyl halides is 3. The number of fused-ring (bicyclic) bond motifs is 1. The van der Waals surface area contributed by atoms with Gasteiger partial charge < -0.3 is 16.0 Å². The van der Waals surface area contributed by atoms with E-state index in [4.69, 9.17) is 0 Å². The number of nitrogens with one attached hydrogen (secondary N) is 3. The van der Waals surface area contributed by atoms with Crippen molar-refractivity contribution >= 4 is 22.8 Å². The summed E-state index contributed by atoms with van der Waals surface area (Å²) in [5, 5.41) is 10.1. The fourth-order valence-corrected chi connectivity index (χ4v) is 2.76. The Morgan fingerprint density at radius 3 is 2.60 bits per heavy atom. The van der Waals surface area contributed by atoms with Gasteiger partial charge in [0.1, 0.15) is 5.69 Å². The smallest absolute Gasteiger partial charge is 0.357 e. The summed E-state index contributed by atoms with van der Waals surface area (Å²) in [7, 11) is 0. The number of halogens is 3. The van der Waals surface area contributed by atoms with Gasteiger partial charge in [0.05, 0.1) is 12.1 Å². The van der Waals surface area contributed by atoms with Crippen molar-refractivity contribution < 1.29 is 13.2 Å². The molecular weight excluding hydrogens is 395 g/mol. The van der Waals surface area contributed by atoms with E-state index in [0.717, 1.165) is 28.7 Å². The number of hydrogen-bond acceptors (Lipinski definition) is 5. The minimum absolute atomic E-state index is 0.0724. The third kappa shape index (κ3) is 5.79. The maximum atomic E-state index is 12.7. The van der Waals surface area contributed by atoms with Gasteiger partial charge in [-0.15, -0.1) is 0 Å². The summed E-state index contributed by atoms with van der Waals surface area (Å²) in [6.07, 6.45) is -1.66. The minimum atomic E-state index is -4.50. The minimum Gasteiger partial charge on any atom is -0.357 e. The first-order valence-corrected chi connectivity index (χ1v) is 9.46. The first-order chi connectivity index (χ1) is 14.5. The Hall–Kier alpha value is -3.43. The van der Waals surface area contributed by atoms with Crippen LogP contribution in [-0.4, -0.2) is 40.5 Å². The summed E-state index contributed by atoms with van der Waals surface area (Å²) < 4.78 is 38.1. The Bertz CT molecular complexity index is 1000. The van der Waals surface area contributed by atoms with Crippen molar-refractivity contribution in [1.29, 1.82) is 0 Å². The molecule has 0 atom stereocenters. The van der Waals surface area contributed by atoms with Crippen molar-refractivity contribution in [1.82, 2.24) is 25.6 Å². The molecule has 0 saturated heterocycles. The fraction of sp³-hybridized carbons (Fsp3) is 0.300. The van der Waals surface area contributed by atoms with E-state index in [9.17, 15) is 13.2 Å². The number of rotatable bonds is 7. The van der Waals surface area contributed by atoms with E-state index in [1.807, 2.05) is 37.3 Å². The van der Waals surface area contributed by atoms with E-state index < -0.39 is 11.9 Å². The normalized spacial score (nSPS) is 12.1. The van der Waals surface area contributed by atoms with E-state index in [1.54, 1.807) is 6.20 Å². The van der Waals surface area contributed by atoms with Gasteiger partial charge in [0, 0.05) is 37.4 Å². The standard InChI is InChI=1S/C20H22F3N7/c1-2-24-18(29-13-14-7-9-25-16-6-4-3-5-15(14)16)27-11-12-28-19-26-10-8-17(30-19)20(21,22)23/h3-10H,2,11-13H2,1H3,(H2,24,27,29)(H,26,28,30).